The normalized spacial score (nSPS) is 18.5. The summed E-state index contributed by atoms with van der Waals surface area (Å²) in [6.07, 6.45) is 0. The molecule has 0 bridgehead atoms. The molecule has 1 aliphatic heterocycles. The van der Waals surface area contributed by atoms with Gasteiger partial charge in [-0.3, -0.25) is 4.79 Å². The van der Waals surface area contributed by atoms with Gasteiger partial charge >= 0.3 is 0 Å². The summed E-state index contributed by atoms with van der Waals surface area (Å²) in [7, 11) is 1.80. The molecule has 1 amide bonds. The molecule has 0 aliphatic carbocycles. The Labute approximate surface area is 83.5 Å². The van der Waals surface area contributed by atoms with Gasteiger partial charge in [-0.15, -0.1) is 0 Å². The van der Waals surface area contributed by atoms with Gasteiger partial charge in [-0.1, -0.05) is 0 Å². The Morgan fingerprint density at radius 3 is 2.64 bits per heavy atom. The van der Waals surface area contributed by atoms with Gasteiger partial charge in [-0.05, 0) is 37.6 Å². The Balaban J connectivity index is 2.69. The lowest BCUT2D eigenvalue weighted by atomic mass is 9.86. The summed E-state index contributed by atoms with van der Waals surface area (Å²) < 4.78 is 0. The van der Waals surface area contributed by atoms with Crippen LogP contribution in [0, 0.1) is 0 Å². The fourth-order valence-corrected chi connectivity index (χ4v) is 1.99. The smallest absolute Gasteiger partial charge is 0.236 e. The molecule has 0 fully saturated rings. The Bertz CT molecular complexity index is 410. The van der Waals surface area contributed by atoms with E-state index in [1.165, 1.54) is 0 Å². The van der Waals surface area contributed by atoms with E-state index in [4.69, 9.17) is 5.73 Å². The summed E-state index contributed by atoms with van der Waals surface area (Å²) >= 11 is 0. The average molecular weight is 190 g/mol. The molecule has 1 aromatic rings. The minimum absolute atomic E-state index is 0.123. The number of hydrogen-bond acceptors (Lipinski definition) is 2. The van der Waals surface area contributed by atoms with E-state index in [0.717, 1.165) is 11.3 Å². The molecule has 1 heterocycles. The van der Waals surface area contributed by atoms with Crippen LogP contribution < -0.4 is 10.6 Å². The van der Waals surface area contributed by atoms with Crippen LogP contribution in [0.2, 0.25) is 0 Å². The molecule has 0 aromatic heterocycles. The lowest BCUT2D eigenvalue weighted by Gasteiger charge is -2.16. The first-order valence-electron chi connectivity index (χ1n) is 4.63. The van der Waals surface area contributed by atoms with E-state index in [1.54, 1.807) is 11.9 Å². The maximum Gasteiger partial charge on any atom is 0.236 e. The van der Waals surface area contributed by atoms with E-state index in [-0.39, 0.29) is 5.91 Å². The van der Waals surface area contributed by atoms with Crippen LogP contribution in [-0.2, 0) is 10.2 Å². The summed E-state index contributed by atoms with van der Waals surface area (Å²) in [5.74, 6) is 0.123. The molecule has 1 aliphatic rings. The topological polar surface area (TPSA) is 46.3 Å². The number of fused-ring (bicyclic) bond motifs is 1. The van der Waals surface area contributed by atoms with Crippen LogP contribution >= 0.6 is 0 Å². The number of carbonyl (C=O) groups is 1. The van der Waals surface area contributed by atoms with Crippen molar-refractivity contribution in [3.63, 3.8) is 0 Å². The minimum atomic E-state index is -0.445. The van der Waals surface area contributed by atoms with Crippen molar-refractivity contribution < 1.29 is 4.79 Å². The summed E-state index contributed by atoms with van der Waals surface area (Å²) in [5.41, 5.74) is 7.96. The highest BCUT2D eigenvalue weighted by Gasteiger charge is 2.41. The molecule has 0 atom stereocenters. The van der Waals surface area contributed by atoms with Crippen molar-refractivity contribution >= 4 is 17.3 Å². The van der Waals surface area contributed by atoms with Crippen LogP contribution in [0.4, 0.5) is 11.4 Å². The number of hydrogen-bond donors (Lipinski definition) is 1. The van der Waals surface area contributed by atoms with Gasteiger partial charge in [0.15, 0.2) is 0 Å². The van der Waals surface area contributed by atoms with E-state index in [2.05, 4.69) is 0 Å². The first-order chi connectivity index (χ1) is 6.44. The number of benzene rings is 1. The highest BCUT2D eigenvalue weighted by atomic mass is 16.2. The number of amides is 1. The van der Waals surface area contributed by atoms with Crippen molar-refractivity contribution in [1.29, 1.82) is 0 Å². The zero-order chi connectivity index (χ0) is 10.5. The SMILES string of the molecule is CN1C(=O)C(C)(C)c2cc(N)ccc21. The second-order valence-electron chi connectivity index (χ2n) is 4.27. The number of carbonyl (C=O) groups excluding carboxylic acids is 1. The highest BCUT2D eigenvalue weighted by molar-refractivity contribution is 6.07. The molecular formula is C11H14N2O. The molecule has 74 valence electrons. The Morgan fingerprint density at radius 2 is 2.00 bits per heavy atom. The van der Waals surface area contributed by atoms with Crippen molar-refractivity contribution in [2.75, 3.05) is 17.7 Å². The van der Waals surface area contributed by atoms with Crippen molar-refractivity contribution in [3.05, 3.63) is 23.8 Å². The predicted molar refractivity (Wildman–Crippen MR) is 57.3 cm³/mol. The third kappa shape index (κ3) is 0.953. The van der Waals surface area contributed by atoms with Crippen LogP contribution in [0.15, 0.2) is 18.2 Å². The van der Waals surface area contributed by atoms with E-state index < -0.39 is 5.41 Å². The molecule has 0 radical (unpaired) electrons. The maximum atomic E-state index is 11.9. The summed E-state index contributed by atoms with van der Waals surface area (Å²) in [4.78, 5) is 13.6. The molecule has 0 spiro atoms. The number of nitrogen functional groups attached to an aromatic ring is 1. The first-order valence-corrected chi connectivity index (χ1v) is 4.63. The second kappa shape index (κ2) is 2.50. The van der Waals surface area contributed by atoms with Crippen LogP contribution in [0.1, 0.15) is 19.4 Å². The number of likely N-dealkylation sites (N-methyl/N-ethyl adjacent to an activating group) is 1. The van der Waals surface area contributed by atoms with Gasteiger partial charge in [0.25, 0.3) is 0 Å². The fraction of sp³-hybridized carbons (Fsp3) is 0.364. The number of rotatable bonds is 0. The van der Waals surface area contributed by atoms with Crippen molar-refractivity contribution in [2.24, 2.45) is 0 Å². The molecule has 14 heavy (non-hydrogen) atoms. The molecular weight excluding hydrogens is 176 g/mol. The van der Waals surface area contributed by atoms with Gasteiger partial charge in [-0.2, -0.15) is 0 Å². The summed E-state index contributed by atoms with van der Waals surface area (Å²) in [6.45, 7) is 3.86. The molecule has 0 unspecified atom stereocenters. The van der Waals surface area contributed by atoms with E-state index >= 15 is 0 Å². The predicted octanol–water partition coefficient (Wildman–Crippen LogP) is 1.52. The standard InChI is InChI=1S/C11H14N2O/c1-11(2)8-6-7(12)4-5-9(8)13(3)10(11)14/h4-6H,12H2,1-3H3. The lowest BCUT2D eigenvalue weighted by Crippen LogP contribution is -2.33. The fourth-order valence-electron chi connectivity index (χ4n) is 1.99. The van der Waals surface area contributed by atoms with Crippen LogP contribution in [0.25, 0.3) is 0 Å². The van der Waals surface area contributed by atoms with Gasteiger partial charge in [0.2, 0.25) is 5.91 Å². The van der Waals surface area contributed by atoms with E-state index in [1.807, 2.05) is 32.0 Å². The minimum Gasteiger partial charge on any atom is -0.399 e. The molecule has 1 aromatic carbocycles. The summed E-state index contributed by atoms with van der Waals surface area (Å²) in [6, 6.07) is 5.61. The van der Waals surface area contributed by atoms with Gasteiger partial charge < -0.3 is 10.6 Å². The highest BCUT2D eigenvalue weighted by Crippen LogP contribution is 2.41. The first kappa shape index (κ1) is 9.06. The molecule has 0 saturated carbocycles. The second-order valence-corrected chi connectivity index (χ2v) is 4.27. The van der Waals surface area contributed by atoms with Crippen molar-refractivity contribution in [2.45, 2.75) is 19.3 Å². The van der Waals surface area contributed by atoms with E-state index in [0.29, 0.717) is 5.69 Å². The number of nitrogens with two attached hydrogens (primary N) is 1. The monoisotopic (exact) mass is 190 g/mol. The third-order valence-corrected chi connectivity index (χ3v) is 2.89. The average Bonchev–Trinajstić information content (AvgIpc) is 2.29. The Hall–Kier alpha value is -1.51. The zero-order valence-corrected chi connectivity index (χ0v) is 8.66. The molecule has 2 N–H and O–H groups in total. The van der Waals surface area contributed by atoms with Gasteiger partial charge in [-0.25, -0.2) is 0 Å². The largest absolute Gasteiger partial charge is 0.399 e. The molecule has 0 saturated heterocycles. The quantitative estimate of drug-likeness (QED) is 0.630. The molecule has 3 nitrogen and oxygen atoms in total. The van der Waals surface area contributed by atoms with Crippen LogP contribution in [0.5, 0.6) is 0 Å². The van der Waals surface area contributed by atoms with Crippen molar-refractivity contribution in [3.8, 4) is 0 Å². The maximum absolute atomic E-state index is 11.9. The Morgan fingerprint density at radius 1 is 1.36 bits per heavy atom. The Kier molecular flexibility index (Phi) is 1.62. The van der Waals surface area contributed by atoms with Crippen LogP contribution in [-0.4, -0.2) is 13.0 Å². The number of anilines is 2. The lowest BCUT2D eigenvalue weighted by molar-refractivity contribution is -0.121. The van der Waals surface area contributed by atoms with Crippen LogP contribution in [0.3, 0.4) is 0 Å². The third-order valence-electron chi connectivity index (χ3n) is 2.89. The van der Waals surface area contributed by atoms with Crippen molar-refractivity contribution in [1.82, 2.24) is 0 Å². The van der Waals surface area contributed by atoms with Gasteiger partial charge in [0.05, 0.1) is 5.41 Å². The number of nitrogens with zero attached hydrogens (tertiary/aromatic N) is 1. The van der Waals surface area contributed by atoms with E-state index in [9.17, 15) is 4.79 Å². The molecule has 3 heteroatoms. The van der Waals surface area contributed by atoms with Gasteiger partial charge in [0, 0.05) is 18.4 Å². The van der Waals surface area contributed by atoms with Gasteiger partial charge in [0.1, 0.15) is 0 Å². The zero-order valence-electron chi connectivity index (χ0n) is 8.66. The molecule has 2 rings (SSSR count). The summed E-state index contributed by atoms with van der Waals surface area (Å²) in [5, 5.41) is 0.